The predicted octanol–water partition coefficient (Wildman–Crippen LogP) is 2.80. The van der Waals surface area contributed by atoms with Crippen LogP contribution in [0.2, 0.25) is 0 Å². The fraction of sp³-hybridized carbons (Fsp3) is 0.333. The highest BCUT2D eigenvalue weighted by Crippen LogP contribution is 2.27. The molecule has 0 aliphatic heterocycles. The zero-order valence-electron chi connectivity index (χ0n) is 10.6. The summed E-state index contributed by atoms with van der Waals surface area (Å²) < 4.78 is 0.959. The van der Waals surface area contributed by atoms with Crippen molar-refractivity contribution in [2.75, 3.05) is 11.1 Å². The summed E-state index contributed by atoms with van der Waals surface area (Å²) in [7, 11) is 0. The fourth-order valence-electron chi connectivity index (χ4n) is 1.46. The number of benzene rings is 1. The number of urea groups is 1. The van der Waals surface area contributed by atoms with Gasteiger partial charge in [0, 0.05) is 11.2 Å². The summed E-state index contributed by atoms with van der Waals surface area (Å²) in [5.74, 6) is 0. The second-order valence-electron chi connectivity index (χ2n) is 5.08. The summed E-state index contributed by atoms with van der Waals surface area (Å²) in [4.78, 5) is 16.0. The summed E-state index contributed by atoms with van der Waals surface area (Å²) in [5.41, 5.74) is 6.95. The zero-order chi connectivity index (χ0) is 13.3. The Morgan fingerprint density at radius 3 is 2.78 bits per heavy atom. The molecule has 4 N–H and O–H groups in total. The molecule has 2 amide bonds. The fourth-order valence-corrected chi connectivity index (χ4v) is 2.37. The Labute approximate surface area is 109 Å². The van der Waals surface area contributed by atoms with E-state index in [0.29, 0.717) is 10.8 Å². The maximum absolute atomic E-state index is 11.7. The maximum atomic E-state index is 11.7. The Hall–Kier alpha value is -1.82. The number of rotatable bonds is 1. The quantitative estimate of drug-likeness (QED) is 0.693. The highest BCUT2D eigenvalue weighted by Gasteiger charge is 2.14. The number of hydrogen-bond donors (Lipinski definition) is 3. The van der Waals surface area contributed by atoms with Crippen molar-refractivity contribution in [3.8, 4) is 0 Å². The molecule has 0 radical (unpaired) electrons. The molecule has 96 valence electrons. The van der Waals surface area contributed by atoms with Crippen LogP contribution < -0.4 is 16.4 Å². The third-order valence-electron chi connectivity index (χ3n) is 2.12. The van der Waals surface area contributed by atoms with Crippen molar-refractivity contribution < 1.29 is 4.79 Å². The van der Waals surface area contributed by atoms with E-state index in [1.165, 1.54) is 11.3 Å². The van der Waals surface area contributed by atoms with Crippen LogP contribution in [0.25, 0.3) is 10.2 Å². The maximum Gasteiger partial charge on any atom is 0.321 e. The third kappa shape index (κ3) is 3.10. The monoisotopic (exact) mass is 264 g/mol. The normalized spacial score (nSPS) is 11.5. The Bertz CT molecular complexity index is 585. The van der Waals surface area contributed by atoms with Crippen LogP contribution in [-0.4, -0.2) is 16.6 Å². The number of nitrogens with two attached hydrogens (primary N) is 1. The number of nitrogens with zero attached hydrogens (tertiary/aromatic N) is 1. The molecule has 1 aromatic heterocycles. The van der Waals surface area contributed by atoms with E-state index < -0.39 is 0 Å². The first-order chi connectivity index (χ1) is 8.33. The molecule has 0 aliphatic carbocycles. The minimum absolute atomic E-state index is 0.255. The van der Waals surface area contributed by atoms with Crippen LogP contribution in [0.15, 0.2) is 18.2 Å². The van der Waals surface area contributed by atoms with E-state index in [4.69, 9.17) is 5.73 Å². The smallest absolute Gasteiger partial charge is 0.321 e. The van der Waals surface area contributed by atoms with Crippen LogP contribution >= 0.6 is 11.3 Å². The Balaban J connectivity index is 2.15. The number of carbonyl (C=O) groups excluding carboxylic acids is 1. The molecule has 0 aliphatic rings. The van der Waals surface area contributed by atoms with Gasteiger partial charge in [0.05, 0.1) is 10.2 Å². The van der Waals surface area contributed by atoms with Gasteiger partial charge in [0.1, 0.15) is 0 Å². The third-order valence-corrected chi connectivity index (χ3v) is 3.06. The summed E-state index contributed by atoms with van der Waals surface area (Å²) >= 11 is 1.40. The minimum atomic E-state index is -0.273. The van der Waals surface area contributed by atoms with E-state index in [1.54, 1.807) is 6.07 Å². The van der Waals surface area contributed by atoms with Crippen molar-refractivity contribution in [3.63, 3.8) is 0 Å². The van der Waals surface area contributed by atoms with E-state index >= 15 is 0 Å². The van der Waals surface area contributed by atoms with Crippen LogP contribution in [0, 0.1) is 0 Å². The van der Waals surface area contributed by atoms with Crippen molar-refractivity contribution in [2.24, 2.45) is 0 Å². The van der Waals surface area contributed by atoms with Crippen molar-refractivity contribution in [3.05, 3.63) is 18.2 Å². The van der Waals surface area contributed by atoms with E-state index in [-0.39, 0.29) is 11.6 Å². The topological polar surface area (TPSA) is 80.0 Å². The molecule has 2 rings (SSSR count). The Morgan fingerprint density at radius 1 is 1.39 bits per heavy atom. The number of fused-ring (bicyclic) bond motifs is 1. The average molecular weight is 264 g/mol. The molecule has 5 nitrogen and oxygen atoms in total. The lowest BCUT2D eigenvalue weighted by atomic mass is 10.1. The largest absolute Gasteiger partial charge is 0.399 e. The molecule has 0 spiro atoms. The molecule has 0 fully saturated rings. The molecule has 0 atom stereocenters. The first-order valence-electron chi connectivity index (χ1n) is 5.59. The van der Waals surface area contributed by atoms with Crippen molar-refractivity contribution in [1.29, 1.82) is 0 Å². The van der Waals surface area contributed by atoms with Gasteiger partial charge in [-0.3, -0.25) is 5.32 Å². The molecular formula is C12H16N4OS. The molecule has 1 heterocycles. The molecule has 0 saturated carbocycles. The van der Waals surface area contributed by atoms with Gasteiger partial charge in [-0.25, -0.2) is 9.78 Å². The lowest BCUT2D eigenvalue weighted by molar-refractivity contribution is 0.244. The lowest BCUT2D eigenvalue weighted by Gasteiger charge is -2.19. The zero-order valence-corrected chi connectivity index (χ0v) is 11.4. The van der Waals surface area contributed by atoms with Gasteiger partial charge in [-0.1, -0.05) is 11.3 Å². The van der Waals surface area contributed by atoms with E-state index in [2.05, 4.69) is 15.6 Å². The second kappa shape index (κ2) is 4.45. The first kappa shape index (κ1) is 12.6. The first-order valence-corrected chi connectivity index (χ1v) is 6.40. The summed E-state index contributed by atoms with van der Waals surface area (Å²) in [6, 6.07) is 5.23. The number of aromatic nitrogens is 1. The molecule has 0 saturated heterocycles. The number of amides is 2. The predicted molar refractivity (Wildman–Crippen MR) is 75.9 cm³/mol. The molecule has 0 unspecified atom stereocenters. The summed E-state index contributed by atoms with van der Waals surface area (Å²) in [6.45, 7) is 5.77. The van der Waals surface area contributed by atoms with Crippen molar-refractivity contribution in [1.82, 2.24) is 10.3 Å². The Morgan fingerprint density at radius 2 is 2.11 bits per heavy atom. The van der Waals surface area contributed by atoms with E-state index in [1.807, 2.05) is 32.9 Å². The van der Waals surface area contributed by atoms with Crippen LogP contribution in [0.5, 0.6) is 0 Å². The van der Waals surface area contributed by atoms with E-state index in [0.717, 1.165) is 10.2 Å². The second-order valence-corrected chi connectivity index (χ2v) is 6.11. The number of carbonyl (C=O) groups is 1. The van der Waals surface area contributed by atoms with Gasteiger partial charge in [-0.05, 0) is 39.0 Å². The minimum Gasteiger partial charge on any atom is -0.399 e. The summed E-state index contributed by atoms with van der Waals surface area (Å²) in [5, 5.41) is 6.11. The lowest BCUT2D eigenvalue weighted by Crippen LogP contribution is -2.43. The van der Waals surface area contributed by atoms with Gasteiger partial charge in [0.25, 0.3) is 0 Å². The molecule has 0 bridgehead atoms. The van der Waals surface area contributed by atoms with E-state index in [9.17, 15) is 4.79 Å². The van der Waals surface area contributed by atoms with Crippen LogP contribution in [0.4, 0.5) is 15.6 Å². The van der Waals surface area contributed by atoms with Gasteiger partial charge in [0.15, 0.2) is 5.13 Å². The highest BCUT2D eigenvalue weighted by atomic mass is 32.1. The van der Waals surface area contributed by atoms with Crippen LogP contribution in [0.3, 0.4) is 0 Å². The Kier molecular flexibility index (Phi) is 3.13. The van der Waals surface area contributed by atoms with Gasteiger partial charge in [0.2, 0.25) is 0 Å². The van der Waals surface area contributed by atoms with Gasteiger partial charge in [-0.15, -0.1) is 0 Å². The SMILES string of the molecule is CC(C)(C)NC(=O)Nc1nc2ccc(N)cc2s1. The molecule has 18 heavy (non-hydrogen) atoms. The van der Waals surface area contributed by atoms with Gasteiger partial charge < -0.3 is 11.1 Å². The number of nitrogen functional groups attached to an aromatic ring is 1. The standard InChI is InChI=1S/C12H16N4OS/c1-12(2,3)16-10(17)15-11-14-8-5-4-7(13)6-9(8)18-11/h4-6H,13H2,1-3H3,(H2,14,15,16,17). The van der Waals surface area contributed by atoms with Crippen LogP contribution in [0.1, 0.15) is 20.8 Å². The number of hydrogen-bond acceptors (Lipinski definition) is 4. The van der Waals surface area contributed by atoms with Crippen molar-refractivity contribution >= 4 is 38.4 Å². The number of thiazole rings is 1. The van der Waals surface area contributed by atoms with Crippen molar-refractivity contribution in [2.45, 2.75) is 26.3 Å². The number of nitrogens with one attached hydrogen (secondary N) is 2. The number of anilines is 2. The molecular weight excluding hydrogens is 248 g/mol. The van der Waals surface area contributed by atoms with Crippen LogP contribution in [-0.2, 0) is 0 Å². The molecule has 6 heteroatoms. The van der Waals surface area contributed by atoms with Gasteiger partial charge in [-0.2, -0.15) is 0 Å². The average Bonchev–Trinajstić information content (AvgIpc) is 2.55. The summed E-state index contributed by atoms with van der Waals surface area (Å²) in [6.07, 6.45) is 0. The molecule has 1 aromatic carbocycles. The molecule has 2 aromatic rings. The van der Waals surface area contributed by atoms with Gasteiger partial charge >= 0.3 is 6.03 Å². The highest BCUT2D eigenvalue weighted by molar-refractivity contribution is 7.22.